The van der Waals surface area contributed by atoms with Crippen molar-refractivity contribution in [1.82, 2.24) is 0 Å². The van der Waals surface area contributed by atoms with Gasteiger partial charge in [0.2, 0.25) is 0 Å². The van der Waals surface area contributed by atoms with Gasteiger partial charge in [0.25, 0.3) is 0 Å². The summed E-state index contributed by atoms with van der Waals surface area (Å²) < 4.78 is 0. The van der Waals surface area contributed by atoms with Gasteiger partial charge in [0, 0.05) is 28.6 Å². The van der Waals surface area contributed by atoms with Gasteiger partial charge in [-0.3, -0.25) is 9.59 Å². The van der Waals surface area contributed by atoms with Crippen LogP contribution >= 0.6 is 0 Å². The lowest BCUT2D eigenvalue weighted by molar-refractivity contribution is -0.116. The van der Waals surface area contributed by atoms with Gasteiger partial charge in [0.1, 0.15) is 11.6 Å². The standard InChI is InChI=1S/C32H35NO2/c1-22(34)20-25-24-14-10-11-16-26(24)31(3,4)27(25)15-8-7-9-19-30-32(5,6)28-17-12-13-18-29(28)33(30)21-23(2)35/h7-19H,20-21H2,1-6H3/b9-7+,15-8+,30-19+. The van der Waals surface area contributed by atoms with Gasteiger partial charge < -0.3 is 4.90 Å². The molecule has 2 aromatic carbocycles. The van der Waals surface area contributed by atoms with Crippen LogP contribution in [0.25, 0.3) is 5.57 Å². The van der Waals surface area contributed by atoms with Crippen LogP contribution in [0.2, 0.25) is 0 Å². The number of benzene rings is 2. The molecule has 0 bridgehead atoms. The second kappa shape index (κ2) is 9.30. The van der Waals surface area contributed by atoms with Gasteiger partial charge in [-0.2, -0.15) is 0 Å². The Morgan fingerprint density at radius 3 is 2.14 bits per heavy atom. The SMILES string of the molecule is CC(=O)CC1=C(/C=C/C=C/C=C2/N(CC(C)=O)c3ccccc3C2(C)C)C(C)(C)c2ccccc21. The summed E-state index contributed by atoms with van der Waals surface area (Å²) in [6, 6.07) is 16.7. The Kier molecular flexibility index (Phi) is 6.55. The topological polar surface area (TPSA) is 37.4 Å². The average molecular weight is 466 g/mol. The van der Waals surface area contributed by atoms with Crippen molar-refractivity contribution in [3.05, 3.63) is 107 Å². The molecule has 180 valence electrons. The van der Waals surface area contributed by atoms with E-state index >= 15 is 0 Å². The molecule has 0 spiro atoms. The van der Waals surface area contributed by atoms with Crippen LogP contribution < -0.4 is 4.90 Å². The fraction of sp³-hybridized carbons (Fsp3) is 0.312. The molecule has 1 aliphatic heterocycles. The van der Waals surface area contributed by atoms with Crippen LogP contribution in [0.4, 0.5) is 5.69 Å². The summed E-state index contributed by atoms with van der Waals surface area (Å²) in [5, 5.41) is 0. The summed E-state index contributed by atoms with van der Waals surface area (Å²) in [4.78, 5) is 26.2. The molecule has 4 rings (SSSR count). The van der Waals surface area contributed by atoms with Gasteiger partial charge in [0.05, 0.1) is 6.54 Å². The fourth-order valence-electron chi connectivity index (χ4n) is 5.60. The van der Waals surface area contributed by atoms with Gasteiger partial charge in [-0.1, -0.05) is 94.5 Å². The lowest BCUT2D eigenvalue weighted by Gasteiger charge is -2.26. The minimum absolute atomic E-state index is 0.139. The first-order chi connectivity index (χ1) is 16.5. The Labute approximate surface area is 209 Å². The Morgan fingerprint density at radius 1 is 0.800 bits per heavy atom. The molecular formula is C32H35NO2. The molecular weight excluding hydrogens is 430 g/mol. The summed E-state index contributed by atoms with van der Waals surface area (Å²) >= 11 is 0. The van der Waals surface area contributed by atoms with Crippen molar-refractivity contribution in [2.24, 2.45) is 0 Å². The van der Waals surface area contributed by atoms with Gasteiger partial charge in [0.15, 0.2) is 0 Å². The first-order valence-electron chi connectivity index (χ1n) is 12.3. The molecule has 35 heavy (non-hydrogen) atoms. The van der Waals surface area contributed by atoms with Crippen molar-refractivity contribution in [3.63, 3.8) is 0 Å². The van der Waals surface area contributed by atoms with E-state index < -0.39 is 0 Å². The van der Waals surface area contributed by atoms with Crippen molar-refractivity contribution in [3.8, 4) is 0 Å². The van der Waals surface area contributed by atoms with Crippen molar-refractivity contribution in [2.75, 3.05) is 11.4 Å². The zero-order valence-corrected chi connectivity index (χ0v) is 21.7. The number of anilines is 1. The van der Waals surface area contributed by atoms with Crippen molar-refractivity contribution >= 4 is 22.8 Å². The molecule has 3 heteroatoms. The second-order valence-electron chi connectivity index (χ2n) is 10.7. The number of Topliss-reactive ketones (excluding diaryl/α,β-unsaturated/α-hetero) is 2. The number of fused-ring (bicyclic) bond motifs is 2. The Hall–Kier alpha value is -3.46. The third-order valence-corrected chi connectivity index (χ3v) is 7.27. The second-order valence-corrected chi connectivity index (χ2v) is 10.7. The fourth-order valence-corrected chi connectivity index (χ4v) is 5.60. The summed E-state index contributed by atoms with van der Waals surface area (Å²) in [5.74, 6) is 0.313. The van der Waals surface area contributed by atoms with Crippen LogP contribution in [-0.2, 0) is 20.4 Å². The van der Waals surface area contributed by atoms with E-state index in [1.165, 1.54) is 22.3 Å². The van der Waals surface area contributed by atoms with E-state index in [0.29, 0.717) is 13.0 Å². The zero-order chi connectivity index (χ0) is 25.4. The number of para-hydroxylation sites is 1. The average Bonchev–Trinajstić information content (AvgIpc) is 3.13. The van der Waals surface area contributed by atoms with E-state index in [2.05, 4.69) is 87.2 Å². The number of nitrogens with zero attached hydrogens (tertiary/aromatic N) is 1. The summed E-state index contributed by atoms with van der Waals surface area (Å²) in [7, 11) is 0. The molecule has 1 aliphatic carbocycles. The quantitative estimate of drug-likeness (QED) is 0.410. The highest BCUT2D eigenvalue weighted by Gasteiger charge is 2.40. The maximum absolute atomic E-state index is 12.0. The minimum atomic E-state index is -0.188. The third kappa shape index (κ3) is 4.48. The van der Waals surface area contributed by atoms with E-state index in [4.69, 9.17) is 0 Å². The molecule has 1 heterocycles. The van der Waals surface area contributed by atoms with E-state index in [1.54, 1.807) is 13.8 Å². The molecule has 0 atom stereocenters. The molecule has 0 unspecified atom stereocenters. The monoisotopic (exact) mass is 465 g/mol. The van der Waals surface area contributed by atoms with E-state index in [9.17, 15) is 9.59 Å². The predicted octanol–water partition coefficient (Wildman–Crippen LogP) is 7.09. The molecule has 0 aromatic heterocycles. The van der Waals surface area contributed by atoms with Gasteiger partial charge in [-0.15, -0.1) is 0 Å². The molecule has 0 saturated heterocycles. The highest BCUT2D eigenvalue weighted by molar-refractivity contribution is 5.94. The largest absolute Gasteiger partial charge is 0.337 e. The number of hydrogen-bond donors (Lipinski definition) is 0. The number of allylic oxidation sites excluding steroid dienone is 8. The first-order valence-corrected chi connectivity index (χ1v) is 12.3. The van der Waals surface area contributed by atoms with Crippen LogP contribution in [0.3, 0.4) is 0 Å². The van der Waals surface area contributed by atoms with Crippen LogP contribution in [0.15, 0.2) is 90.2 Å². The van der Waals surface area contributed by atoms with Crippen molar-refractivity contribution < 1.29 is 9.59 Å². The summed E-state index contributed by atoms with van der Waals surface area (Å²) in [5.41, 5.74) is 7.89. The molecule has 0 radical (unpaired) electrons. The minimum Gasteiger partial charge on any atom is -0.337 e. The number of carbonyl (C=O) groups excluding carboxylic acids is 2. The maximum Gasteiger partial charge on any atom is 0.149 e. The smallest absolute Gasteiger partial charge is 0.149 e. The highest BCUT2D eigenvalue weighted by Crippen LogP contribution is 2.48. The molecule has 2 aliphatic rings. The van der Waals surface area contributed by atoms with Crippen LogP contribution in [-0.4, -0.2) is 18.1 Å². The normalized spacial score (nSPS) is 19.1. The zero-order valence-electron chi connectivity index (χ0n) is 21.7. The lowest BCUT2D eigenvalue weighted by atomic mass is 9.81. The van der Waals surface area contributed by atoms with E-state index in [-0.39, 0.29) is 22.4 Å². The predicted molar refractivity (Wildman–Crippen MR) is 146 cm³/mol. The van der Waals surface area contributed by atoms with Gasteiger partial charge >= 0.3 is 0 Å². The van der Waals surface area contributed by atoms with Crippen molar-refractivity contribution in [2.45, 2.75) is 58.8 Å². The first kappa shape index (κ1) is 24.7. The number of rotatable bonds is 7. The molecule has 3 nitrogen and oxygen atoms in total. The molecule has 0 N–H and O–H groups in total. The van der Waals surface area contributed by atoms with Crippen LogP contribution in [0, 0.1) is 0 Å². The molecule has 0 amide bonds. The highest BCUT2D eigenvalue weighted by atomic mass is 16.1. The number of hydrogen-bond acceptors (Lipinski definition) is 3. The van der Waals surface area contributed by atoms with E-state index in [0.717, 1.165) is 17.0 Å². The number of carbonyl (C=O) groups is 2. The molecule has 0 fully saturated rings. The Balaban J connectivity index is 1.65. The third-order valence-electron chi connectivity index (χ3n) is 7.27. The Bertz CT molecular complexity index is 1300. The number of ketones is 2. The molecule has 0 saturated carbocycles. The van der Waals surface area contributed by atoms with Crippen LogP contribution in [0.5, 0.6) is 0 Å². The van der Waals surface area contributed by atoms with Crippen LogP contribution in [0.1, 0.15) is 64.7 Å². The van der Waals surface area contributed by atoms with Gasteiger partial charge in [-0.05, 0) is 53.8 Å². The van der Waals surface area contributed by atoms with E-state index in [1.807, 2.05) is 24.3 Å². The van der Waals surface area contributed by atoms with Gasteiger partial charge in [-0.25, -0.2) is 0 Å². The van der Waals surface area contributed by atoms with Crippen molar-refractivity contribution in [1.29, 1.82) is 0 Å². The molecule has 2 aromatic rings. The summed E-state index contributed by atoms with van der Waals surface area (Å²) in [6.45, 7) is 12.5. The summed E-state index contributed by atoms with van der Waals surface area (Å²) in [6.07, 6.45) is 10.9. The maximum atomic E-state index is 12.0. The lowest BCUT2D eigenvalue weighted by Crippen LogP contribution is -2.29. The Morgan fingerprint density at radius 2 is 1.46 bits per heavy atom.